The van der Waals surface area contributed by atoms with Crippen molar-refractivity contribution in [3.8, 4) is 0 Å². The lowest BCUT2D eigenvalue weighted by Crippen LogP contribution is -2.60. The first-order valence-electron chi connectivity index (χ1n) is 5.22. The molecule has 18 heavy (non-hydrogen) atoms. The van der Waals surface area contributed by atoms with Gasteiger partial charge in [0.15, 0.2) is 12.4 Å². The molecule has 1 aliphatic rings. The molecule has 1 unspecified atom stereocenters. The fourth-order valence-electron chi connectivity index (χ4n) is 1.52. The standard InChI is InChI=1S/C9H16O9/c10-1-3-5(12)6(13)7(14)9(17-3)18-4(2-11)8(15)16/h3-7,9-14H,1-2H2,(H,15,16)/t3-,4?,5-,6+,7+,9-/m1/s1. The third kappa shape index (κ3) is 3.14. The highest BCUT2D eigenvalue weighted by Gasteiger charge is 2.45. The van der Waals surface area contributed by atoms with E-state index in [4.69, 9.17) is 24.8 Å². The third-order valence-electron chi connectivity index (χ3n) is 2.59. The van der Waals surface area contributed by atoms with Gasteiger partial charge in [0.25, 0.3) is 0 Å². The zero-order chi connectivity index (χ0) is 13.9. The summed E-state index contributed by atoms with van der Waals surface area (Å²) in [6.07, 6.45) is -9.32. The Balaban J connectivity index is 2.72. The van der Waals surface area contributed by atoms with Crippen molar-refractivity contribution >= 4 is 5.97 Å². The fourth-order valence-corrected chi connectivity index (χ4v) is 1.52. The van der Waals surface area contributed by atoms with Crippen LogP contribution in [-0.2, 0) is 14.3 Å². The average Bonchev–Trinajstić information content (AvgIpc) is 2.35. The number of hydrogen-bond donors (Lipinski definition) is 6. The molecule has 9 heteroatoms. The SMILES string of the molecule is O=C(O)C(CO)O[C@H]1O[C@H](CO)[C@@H](O)[C@H](O)[C@@H]1O. The van der Waals surface area contributed by atoms with E-state index in [2.05, 4.69) is 0 Å². The van der Waals surface area contributed by atoms with E-state index in [9.17, 15) is 20.1 Å². The Morgan fingerprint density at radius 2 is 1.78 bits per heavy atom. The molecule has 0 bridgehead atoms. The molecule has 1 rings (SSSR count). The van der Waals surface area contributed by atoms with E-state index in [0.717, 1.165) is 0 Å². The van der Waals surface area contributed by atoms with Gasteiger partial charge in [0, 0.05) is 0 Å². The monoisotopic (exact) mass is 268 g/mol. The number of ether oxygens (including phenoxy) is 2. The second-order valence-corrected chi connectivity index (χ2v) is 3.84. The van der Waals surface area contributed by atoms with Crippen molar-refractivity contribution in [3.05, 3.63) is 0 Å². The first-order valence-corrected chi connectivity index (χ1v) is 5.22. The number of aliphatic hydroxyl groups excluding tert-OH is 5. The van der Waals surface area contributed by atoms with Crippen LogP contribution in [0, 0.1) is 0 Å². The topological polar surface area (TPSA) is 157 Å². The number of hydrogen-bond acceptors (Lipinski definition) is 8. The molecular formula is C9H16O9. The minimum Gasteiger partial charge on any atom is -0.479 e. The van der Waals surface area contributed by atoms with Gasteiger partial charge in [-0.1, -0.05) is 0 Å². The van der Waals surface area contributed by atoms with Crippen LogP contribution in [-0.4, -0.2) is 86.6 Å². The molecule has 0 aliphatic carbocycles. The number of aliphatic hydroxyl groups is 5. The highest BCUT2D eigenvalue weighted by Crippen LogP contribution is 2.22. The third-order valence-corrected chi connectivity index (χ3v) is 2.59. The van der Waals surface area contributed by atoms with Crippen molar-refractivity contribution in [2.45, 2.75) is 36.8 Å². The van der Waals surface area contributed by atoms with Gasteiger partial charge in [-0.05, 0) is 0 Å². The van der Waals surface area contributed by atoms with Crippen LogP contribution >= 0.6 is 0 Å². The first-order chi connectivity index (χ1) is 8.42. The number of aliphatic carboxylic acids is 1. The van der Waals surface area contributed by atoms with Gasteiger partial charge in [0.05, 0.1) is 13.2 Å². The lowest BCUT2D eigenvalue weighted by Gasteiger charge is -2.40. The molecule has 0 aromatic carbocycles. The zero-order valence-corrected chi connectivity index (χ0v) is 9.29. The molecule has 0 spiro atoms. The van der Waals surface area contributed by atoms with Crippen molar-refractivity contribution < 1.29 is 44.9 Å². The van der Waals surface area contributed by atoms with Crippen molar-refractivity contribution in [3.63, 3.8) is 0 Å². The van der Waals surface area contributed by atoms with Crippen LogP contribution in [0.25, 0.3) is 0 Å². The van der Waals surface area contributed by atoms with E-state index in [0.29, 0.717) is 0 Å². The molecule has 0 saturated carbocycles. The molecule has 9 nitrogen and oxygen atoms in total. The Morgan fingerprint density at radius 3 is 2.22 bits per heavy atom. The van der Waals surface area contributed by atoms with Crippen molar-refractivity contribution in [2.24, 2.45) is 0 Å². The van der Waals surface area contributed by atoms with Gasteiger partial charge < -0.3 is 40.1 Å². The fraction of sp³-hybridized carbons (Fsp3) is 0.889. The van der Waals surface area contributed by atoms with Gasteiger partial charge >= 0.3 is 5.97 Å². The Hall–Kier alpha value is -0.810. The summed E-state index contributed by atoms with van der Waals surface area (Å²) in [5.74, 6) is -1.48. The molecular weight excluding hydrogens is 252 g/mol. The van der Waals surface area contributed by atoms with E-state index < -0.39 is 56.0 Å². The molecule has 1 fully saturated rings. The minimum absolute atomic E-state index is 0.651. The van der Waals surface area contributed by atoms with Crippen LogP contribution < -0.4 is 0 Å². The first kappa shape index (κ1) is 15.2. The molecule has 6 atom stereocenters. The summed E-state index contributed by atoms with van der Waals surface area (Å²) in [6.45, 7) is -1.51. The largest absolute Gasteiger partial charge is 0.479 e. The van der Waals surface area contributed by atoms with Crippen LogP contribution in [0.3, 0.4) is 0 Å². The second-order valence-electron chi connectivity index (χ2n) is 3.84. The maximum Gasteiger partial charge on any atom is 0.335 e. The van der Waals surface area contributed by atoms with Crippen molar-refractivity contribution in [1.82, 2.24) is 0 Å². The molecule has 1 aliphatic heterocycles. The summed E-state index contributed by atoms with van der Waals surface area (Å²) in [6, 6.07) is 0. The number of carboxylic acid groups (broad SMARTS) is 1. The highest BCUT2D eigenvalue weighted by atomic mass is 16.7. The minimum atomic E-state index is -1.70. The lowest BCUT2D eigenvalue weighted by molar-refractivity contribution is -0.311. The van der Waals surface area contributed by atoms with Crippen LogP contribution in [0.5, 0.6) is 0 Å². The van der Waals surface area contributed by atoms with E-state index in [1.165, 1.54) is 0 Å². The van der Waals surface area contributed by atoms with Crippen LogP contribution in [0.1, 0.15) is 0 Å². The van der Waals surface area contributed by atoms with E-state index in [1.54, 1.807) is 0 Å². The average molecular weight is 268 g/mol. The van der Waals surface area contributed by atoms with E-state index in [-0.39, 0.29) is 0 Å². The predicted octanol–water partition coefficient (Wildman–Crippen LogP) is -3.75. The summed E-state index contributed by atoms with van der Waals surface area (Å²) in [5, 5.41) is 54.7. The lowest BCUT2D eigenvalue weighted by atomic mass is 9.99. The van der Waals surface area contributed by atoms with Crippen molar-refractivity contribution in [1.29, 1.82) is 0 Å². The zero-order valence-electron chi connectivity index (χ0n) is 9.29. The normalized spacial score (nSPS) is 38.4. The smallest absolute Gasteiger partial charge is 0.335 e. The molecule has 1 saturated heterocycles. The van der Waals surface area contributed by atoms with Gasteiger partial charge in [-0.2, -0.15) is 0 Å². The van der Waals surface area contributed by atoms with E-state index in [1.807, 2.05) is 0 Å². The second kappa shape index (κ2) is 6.38. The summed E-state index contributed by atoms with van der Waals surface area (Å²) >= 11 is 0. The summed E-state index contributed by atoms with van der Waals surface area (Å²) in [5.41, 5.74) is 0. The van der Waals surface area contributed by atoms with Gasteiger partial charge in [0.1, 0.15) is 24.4 Å². The van der Waals surface area contributed by atoms with Gasteiger partial charge in [0.2, 0.25) is 0 Å². The molecule has 0 aromatic rings. The van der Waals surface area contributed by atoms with Crippen LogP contribution in [0.4, 0.5) is 0 Å². The Morgan fingerprint density at radius 1 is 1.17 bits per heavy atom. The predicted molar refractivity (Wildman–Crippen MR) is 53.4 cm³/mol. The Kier molecular flexibility index (Phi) is 5.41. The molecule has 0 aromatic heterocycles. The van der Waals surface area contributed by atoms with Gasteiger partial charge in [-0.25, -0.2) is 4.79 Å². The quantitative estimate of drug-likeness (QED) is 0.294. The van der Waals surface area contributed by atoms with Crippen LogP contribution in [0.2, 0.25) is 0 Å². The Labute approximate surface area is 102 Å². The molecule has 0 amide bonds. The van der Waals surface area contributed by atoms with Gasteiger partial charge in [-0.3, -0.25) is 0 Å². The number of carbonyl (C=O) groups is 1. The molecule has 106 valence electrons. The summed E-state index contributed by atoms with van der Waals surface area (Å²) < 4.78 is 9.67. The maximum atomic E-state index is 10.6. The maximum absolute atomic E-state index is 10.6. The van der Waals surface area contributed by atoms with E-state index >= 15 is 0 Å². The molecule has 1 heterocycles. The van der Waals surface area contributed by atoms with Crippen LogP contribution in [0.15, 0.2) is 0 Å². The number of carboxylic acids is 1. The highest BCUT2D eigenvalue weighted by molar-refractivity contribution is 5.72. The molecule has 6 N–H and O–H groups in total. The van der Waals surface area contributed by atoms with Gasteiger partial charge in [-0.15, -0.1) is 0 Å². The summed E-state index contributed by atoms with van der Waals surface area (Å²) in [7, 11) is 0. The number of rotatable bonds is 5. The molecule has 0 radical (unpaired) electrons. The van der Waals surface area contributed by atoms with Crippen molar-refractivity contribution in [2.75, 3.05) is 13.2 Å². The summed E-state index contributed by atoms with van der Waals surface area (Å²) in [4.78, 5) is 10.6. The Bertz CT molecular complexity index is 281.